The number of phenolic OH excluding ortho intramolecular Hbond substituents is 3. The third-order valence-electron chi connectivity index (χ3n) is 18.1. The highest BCUT2D eigenvalue weighted by molar-refractivity contribution is 7.88. The number of carbonyl (C=O) groups excluding carboxylic acids is 5. The van der Waals surface area contributed by atoms with E-state index in [0.717, 1.165) is 65.8 Å². The van der Waals surface area contributed by atoms with E-state index in [1.165, 1.54) is 18.2 Å². The fraction of sp³-hybridized carbons (Fsp3) is 0.466. The summed E-state index contributed by atoms with van der Waals surface area (Å²) in [5.41, 5.74) is 2.61. The van der Waals surface area contributed by atoms with Crippen LogP contribution in [0.25, 0.3) is 0 Å². The molecule has 0 radical (unpaired) electrons. The highest BCUT2D eigenvalue weighted by Gasteiger charge is 2.50. The number of hydrogen-bond acceptors (Lipinski definition) is 12. The summed E-state index contributed by atoms with van der Waals surface area (Å²) in [6.45, 7) is 10.6. The van der Waals surface area contributed by atoms with Gasteiger partial charge in [-0.15, -0.1) is 6.58 Å². The number of rotatable bonds is 11. The highest BCUT2D eigenvalue weighted by Crippen LogP contribution is 2.39. The van der Waals surface area contributed by atoms with E-state index in [0.29, 0.717) is 90.0 Å². The Bertz CT molecular complexity index is 4180. The molecule has 0 saturated heterocycles. The summed E-state index contributed by atoms with van der Waals surface area (Å²) < 4.78 is 259. The standard InChI is InChI=1S/C16H17F6NO4S.C15H16F3NO2.C15H18F3NO2.C15H16F3NO2.C12H12F3NO2/c1-2-3-11-5-4-10-6-8-23(14(24)15(17,18)19)9-7-12(10)13(11)27-28(25,26)16(20,21)22;1-2-10-21-13-5-3-4-11-6-8-19(9-7-12(11)13)14(20)15(16,17)18;2*1-2-3-11-5-4-10-6-8-19(14(21)15(16,17)18)9-7-12(10)13(11)20;13-12(14,15)11(18)16-6-4-8-2-1-3-10(17)9(8)5-7-16/h4-5H,2-3,6-9H2,1H3;2-5H,1,6-10H2;4-5,20H,2-3,6-9H2,1H3;2,4-5,20H,1,3,6-9H2;1-3,17H,4-7H2. The summed E-state index contributed by atoms with van der Waals surface area (Å²) in [5, 5.41) is 30.1. The number of hydrogen-bond donors (Lipinski definition) is 3. The number of ether oxygens (including phenoxy) is 1. The molecule has 5 heterocycles. The van der Waals surface area contributed by atoms with Crippen LogP contribution in [0.15, 0.2) is 98.1 Å². The first-order chi connectivity index (χ1) is 50.8. The molecule has 0 aliphatic carbocycles. The van der Waals surface area contributed by atoms with Crippen LogP contribution in [0.2, 0.25) is 0 Å². The lowest BCUT2D eigenvalue weighted by Crippen LogP contribution is -2.42. The van der Waals surface area contributed by atoms with Crippen molar-refractivity contribution < 1.29 is 136 Å². The van der Waals surface area contributed by atoms with E-state index in [1.807, 2.05) is 25.1 Å². The topological polar surface area (TPSA) is 215 Å². The molecule has 5 amide bonds. The lowest BCUT2D eigenvalue weighted by molar-refractivity contribution is -0.185. The van der Waals surface area contributed by atoms with E-state index in [9.17, 15) is 127 Å². The summed E-state index contributed by atoms with van der Waals surface area (Å²) in [6, 6.07) is 20.5. The van der Waals surface area contributed by atoms with Gasteiger partial charge in [0.15, 0.2) is 0 Å². The van der Waals surface area contributed by atoms with E-state index in [-0.39, 0.29) is 126 Å². The van der Waals surface area contributed by atoms with Crippen molar-refractivity contribution in [2.24, 2.45) is 0 Å². The van der Waals surface area contributed by atoms with Gasteiger partial charge in [-0.3, -0.25) is 24.0 Å². The molecule has 17 nitrogen and oxygen atoms in total. The summed E-state index contributed by atoms with van der Waals surface area (Å²) >= 11 is 0. The maximum Gasteiger partial charge on any atom is 0.534 e. The molecule has 0 atom stereocenters. The van der Waals surface area contributed by atoms with Crippen molar-refractivity contribution >= 4 is 39.7 Å². The minimum atomic E-state index is -5.95. The van der Waals surface area contributed by atoms with Gasteiger partial charge in [-0.1, -0.05) is 106 Å². The van der Waals surface area contributed by atoms with Crippen LogP contribution in [0.5, 0.6) is 28.7 Å². The van der Waals surface area contributed by atoms with Crippen molar-refractivity contribution in [1.82, 2.24) is 24.5 Å². The molecule has 0 aromatic heterocycles. The van der Waals surface area contributed by atoms with Gasteiger partial charge in [-0.05, 0) is 162 Å². The molecule has 5 aliphatic heterocycles. The van der Waals surface area contributed by atoms with Gasteiger partial charge in [0.2, 0.25) is 0 Å². The van der Waals surface area contributed by atoms with E-state index < -0.39 is 88.3 Å². The van der Waals surface area contributed by atoms with Crippen molar-refractivity contribution in [3.63, 3.8) is 0 Å². The van der Waals surface area contributed by atoms with Crippen LogP contribution in [0.3, 0.4) is 0 Å². The fourth-order valence-electron chi connectivity index (χ4n) is 12.8. The van der Waals surface area contributed by atoms with Gasteiger partial charge in [0.1, 0.15) is 35.4 Å². The van der Waals surface area contributed by atoms with Gasteiger partial charge >= 0.3 is 76.0 Å². The molecule has 5 aromatic rings. The van der Waals surface area contributed by atoms with Gasteiger partial charge in [0, 0.05) is 71.0 Å². The van der Waals surface area contributed by atoms with E-state index in [1.54, 1.807) is 55.5 Å². The average Bonchev–Trinajstić information content (AvgIpc) is 1.80. The van der Waals surface area contributed by atoms with Crippen LogP contribution in [0.4, 0.5) is 79.0 Å². The normalized spacial score (nSPS) is 15.5. The molecule has 36 heteroatoms. The van der Waals surface area contributed by atoms with E-state index in [4.69, 9.17) is 4.74 Å². The molecule has 0 fully saturated rings. The number of amides is 5. The molecule has 0 bridgehead atoms. The summed E-state index contributed by atoms with van der Waals surface area (Å²) in [7, 11) is -5.95. The Morgan fingerprint density at radius 1 is 0.404 bits per heavy atom. The van der Waals surface area contributed by atoms with Crippen LogP contribution in [-0.2, 0) is 118 Å². The van der Waals surface area contributed by atoms with Gasteiger partial charge in [-0.25, -0.2) is 0 Å². The number of carbonyl (C=O) groups is 5. The maximum atomic E-state index is 12.8. The van der Waals surface area contributed by atoms with Crippen molar-refractivity contribution in [3.05, 3.63) is 170 Å². The van der Waals surface area contributed by atoms with Crippen molar-refractivity contribution in [2.45, 2.75) is 147 Å². The predicted molar refractivity (Wildman–Crippen MR) is 361 cm³/mol. The molecular formula is C73H79F18N5O12S. The third-order valence-corrected chi connectivity index (χ3v) is 19.1. The minimum Gasteiger partial charge on any atom is -0.508 e. The van der Waals surface area contributed by atoms with Gasteiger partial charge in [0.05, 0.1) is 0 Å². The second-order valence-electron chi connectivity index (χ2n) is 25.4. The Hall–Kier alpha value is -9.38. The summed E-state index contributed by atoms with van der Waals surface area (Å²) in [5.74, 6) is -8.77. The third kappa shape index (κ3) is 23.8. The van der Waals surface area contributed by atoms with E-state index in [2.05, 4.69) is 17.3 Å². The Balaban J connectivity index is 0.000000214. The predicted octanol–water partition coefficient (Wildman–Crippen LogP) is 13.4. The quantitative estimate of drug-likeness (QED) is 0.0487. The van der Waals surface area contributed by atoms with Gasteiger partial charge in [-0.2, -0.15) is 87.4 Å². The largest absolute Gasteiger partial charge is 0.534 e. The molecule has 109 heavy (non-hydrogen) atoms. The SMILES string of the molecule is C=CCOc1cccc2c1CCN(C(=O)C(F)(F)F)CC2.C=CCc1ccc2c(c1O)CCN(C(=O)C(F)(F)F)CC2.CCCc1ccc2c(c1O)CCN(C(=O)C(F)(F)F)CC2.CCCc1ccc2c(c1OS(=O)(=O)C(F)(F)F)CCN(C(=O)C(F)(F)F)CC2.O=C(N1CCc2cccc(O)c2CC1)C(F)(F)F. The number of aryl methyl sites for hydroxylation is 2. The monoisotopic (exact) mass is 1590 g/mol. The number of aromatic hydroxyl groups is 3. The fourth-order valence-corrected chi connectivity index (χ4v) is 13.3. The minimum absolute atomic E-state index is 0.00554. The maximum absolute atomic E-state index is 12.8. The zero-order valence-electron chi connectivity index (χ0n) is 58.8. The number of fused-ring (bicyclic) bond motifs is 5. The van der Waals surface area contributed by atoms with Gasteiger partial charge < -0.3 is 48.7 Å². The second-order valence-corrected chi connectivity index (χ2v) is 27.0. The lowest BCUT2D eigenvalue weighted by atomic mass is 9.96. The summed E-state index contributed by atoms with van der Waals surface area (Å²) in [4.78, 5) is 60.4. The Labute approximate surface area is 615 Å². The molecule has 0 saturated carbocycles. The number of benzene rings is 5. The Morgan fingerprint density at radius 2 is 0.716 bits per heavy atom. The zero-order chi connectivity index (χ0) is 81.4. The van der Waals surface area contributed by atoms with Crippen molar-refractivity contribution in [2.75, 3.05) is 72.1 Å². The smallest absolute Gasteiger partial charge is 0.508 e. The van der Waals surface area contributed by atoms with Crippen LogP contribution < -0.4 is 8.92 Å². The molecule has 600 valence electrons. The van der Waals surface area contributed by atoms with Gasteiger partial charge in [0.25, 0.3) is 0 Å². The molecule has 0 unspecified atom stereocenters. The first-order valence-electron chi connectivity index (χ1n) is 34.1. The van der Waals surface area contributed by atoms with Crippen LogP contribution in [0.1, 0.15) is 99.0 Å². The molecule has 3 N–H and O–H groups in total. The molecular weight excluding hydrogens is 1510 g/mol. The van der Waals surface area contributed by atoms with Crippen LogP contribution in [0, 0.1) is 0 Å². The Kier molecular flexibility index (Phi) is 30.3. The number of allylic oxidation sites excluding steroid dienone is 1. The van der Waals surface area contributed by atoms with E-state index >= 15 is 0 Å². The number of nitrogens with zero attached hydrogens (tertiary/aromatic N) is 5. The zero-order valence-corrected chi connectivity index (χ0v) is 59.7. The Morgan fingerprint density at radius 3 is 1.09 bits per heavy atom. The van der Waals surface area contributed by atoms with Crippen LogP contribution >= 0.6 is 0 Å². The first-order valence-corrected chi connectivity index (χ1v) is 35.5. The summed E-state index contributed by atoms with van der Waals surface area (Å²) in [6.07, 6.45) is -16.3. The number of alkyl halides is 18. The van der Waals surface area contributed by atoms with Crippen molar-refractivity contribution in [1.29, 1.82) is 0 Å². The molecule has 5 aromatic carbocycles. The van der Waals surface area contributed by atoms with Crippen LogP contribution in [-0.4, -0.2) is 186 Å². The number of phenols is 3. The molecule has 0 spiro atoms. The number of halogens is 18. The lowest BCUT2D eigenvalue weighted by Gasteiger charge is -2.21. The highest BCUT2D eigenvalue weighted by atomic mass is 32.2. The second kappa shape index (κ2) is 37.4. The first kappa shape index (κ1) is 88.5. The molecule has 10 rings (SSSR count). The molecule has 5 aliphatic rings. The average molecular weight is 1590 g/mol. The van der Waals surface area contributed by atoms with Crippen molar-refractivity contribution in [3.8, 4) is 28.7 Å².